The zero-order valence-electron chi connectivity index (χ0n) is 13.8. The highest BCUT2D eigenvalue weighted by molar-refractivity contribution is 7.11. The Morgan fingerprint density at radius 1 is 1.28 bits per heavy atom. The number of nitrogens with one attached hydrogen (secondary N) is 1. The number of carbonyl (C=O) groups is 1. The molecule has 0 aliphatic carbocycles. The van der Waals surface area contributed by atoms with Gasteiger partial charge in [-0.05, 0) is 29.5 Å². The van der Waals surface area contributed by atoms with Crippen LogP contribution < -0.4 is 10.2 Å². The molecular formula is C19H18N2O2S2. The normalized spacial score (nSPS) is 10.6. The minimum Gasteiger partial charge on any atom is -0.346 e. The molecule has 0 aliphatic rings. The maximum absolute atomic E-state index is 12.4. The second kappa shape index (κ2) is 7.63. The lowest BCUT2D eigenvalue weighted by atomic mass is 10.1. The van der Waals surface area contributed by atoms with E-state index in [0.717, 1.165) is 27.3 Å². The van der Waals surface area contributed by atoms with Crippen molar-refractivity contribution in [2.45, 2.75) is 20.0 Å². The van der Waals surface area contributed by atoms with E-state index in [-0.39, 0.29) is 10.8 Å². The Balaban J connectivity index is 1.76. The van der Waals surface area contributed by atoms with E-state index in [1.807, 2.05) is 48.7 Å². The summed E-state index contributed by atoms with van der Waals surface area (Å²) in [7, 11) is 0. The molecule has 0 unspecified atom stereocenters. The van der Waals surface area contributed by atoms with Gasteiger partial charge in [-0.25, -0.2) is 0 Å². The standard InChI is InChI=1S/C19H18N2O2S2/c1-3-14-6-8-15(9-7-14)12-21-13(2)17(25-19(21)23)18(22)20-11-16-5-4-10-24-16/h3-10H,1,11-12H2,2H3,(H,20,22). The molecule has 0 atom stereocenters. The topological polar surface area (TPSA) is 51.1 Å². The molecule has 0 aliphatic heterocycles. The molecule has 0 spiro atoms. The molecular weight excluding hydrogens is 352 g/mol. The highest BCUT2D eigenvalue weighted by Gasteiger charge is 2.17. The summed E-state index contributed by atoms with van der Waals surface area (Å²) in [5, 5.41) is 4.85. The number of nitrogens with zero attached hydrogens (tertiary/aromatic N) is 1. The smallest absolute Gasteiger partial charge is 0.308 e. The predicted octanol–water partition coefficient (Wildman–Crippen LogP) is 3.90. The minimum absolute atomic E-state index is 0.119. The number of hydrogen-bond donors (Lipinski definition) is 1. The van der Waals surface area contributed by atoms with Gasteiger partial charge >= 0.3 is 4.87 Å². The number of thiazole rings is 1. The van der Waals surface area contributed by atoms with Crippen molar-refractivity contribution in [3.8, 4) is 0 Å². The third-order valence-electron chi connectivity index (χ3n) is 3.91. The summed E-state index contributed by atoms with van der Waals surface area (Å²) in [6.07, 6.45) is 1.78. The molecule has 1 amide bonds. The fourth-order valence-electron chi connectivity index (χ4n) is 2.47. The monoisotopic (exact) mass is 370 g/mol. The SMILES string of the molecule is C=Cc1ccc(Cn2c(C)c(C(=O)NCc3cccs3)sc2=O)cc1. The zero-order chi connectivity index (χ0) is 17.8. The van der Waals surface area contributed by atoms with Crippen LogP contribution in [0.5, 0.6) is 0 Å². The van der Waals surface area contributed by atoms with Gasteiger partial charge in [-0.1, -0.05) is 54.3 Å². The summed E-state index contributed by atoms with van der Waals surface area (Å²) < 4.78 is 1.65. The first-order chi connectivity index (χ1) is 12.1. The van der Waals surface area contributed by atoms with Crippen molar-refractivity contribution in [2.24, 2.45) is 0 Å². The van der Waals surface area contributed by atoms with Crippen LogP contribution in [0.2, 0.25) is 0 Å². The number of amides is 1. The van der Waals surface area contributed by atoms with Gasteiger partial charge < -0.3 is 5.32 Å². The van der Waals surface area contributed by atoms with Crippen molar-refractivity contribution < 1.29 is 4.79 Å². The Kier molecular flexibility index (Phi) is 5.31. The third-order valence-corrected chi connectivity index (χ3v) is 5.87. The van der Waals surface area contributed by atoms with Crippen molar-refractivity contribution in [3.63, 3.8) is 0 Å². The summed E-state index contributed by atoms with van der Waals surface area (Å²) in [4.78, 5) is 26.2. The molecule has 1 aromatic carbocycles. The number of carbonyl (C=O) groups excluding carboxylic acids is 1. The van der Waals surface area contributed by atoms with Gasteiger partial charge in [0.2, 0.25) is 0 Å². The first kappa shape index (κ1) is 17.4. The number of benzene rings is 1. The fraction of sp³-hybridized carbons (Fsp3) is 0.158. The average Bonchev–Trinajstić information content (AvgIpc) is 3.24. The van der Waals surface area contributed by atoms with Gasteiger partial charge in [-0.3, -0.25) is 14.2 Å². The van der Waals surface area contributed by atoms with Crippen LogP contribution in [0.3, 0.4) is 0 Å². The number of aromatic nitrogens is 1. The molecule has 3 rings (SSSR count). The Bertz CT molecular complexity index is 935. The minimum atomic E-state index is -0.200. The van der Waals surface area contributed by atoms with Crippen LogP contribution in [-0.4, -0.2) is 10.5 Å². The molecule has 0 saturated heterocycles. The van der Waals surface area contributed by atoms with E-state index < -0.39 is 0 Å². The van der Waals surface area contributed by atoms with Gasteiger partial charge in [-0.15, -0.1) is 11.3 Å². The van der Waals surface area contributed by atoms with Gasteiger partial charge in [0.1, 0.15) is 4.88 Å². The summed E-state index contributed by atoms with van der Waals surface area (Å²) in [5.74, 6) is -0.200. The van der Waals surface area contributed by atoms with Crippen LogP contribution in [-0.2, 0) is 13.1 Å². The molecule has 0 fully saturated rings. The van der Waals surface area contributed by atoms with Crippen LogP contribution >= 0.6 is 22.7 Å². The quantitative estimate of drug-likeness (QED) is 0.715. The highest BCUT2D eigenvalue weighted by Crippen LogP contribution is 2.15. The Hall–Kier alpha value is -2.44. The lowest BCUT2D eigenvalue weighted by Crippen LogP contribution is -2.22. The molecule has 6 heteroatoms. The van der Waals surface area contributed by atoms with Gasteiger partial charge in [0.25, 0.3) is 5.91 Å². The first-order valence-electron chi connectivity index (χ1n) is 7.80. The Labute approximate surface area is 154 Å². The first-order valence-corrected chi connectivity index (χ1v) is 9.50. The summed E-state index contributed by atoms with van der Waals surface area (Å²) in [6.45, 7) is 6.48. The van der Waals surface area contributed by atoms with Crippen molar-refractivity contribution in [1.82, 2.24) is 9.88 Å². The molecule has 0 saturated carbocycles. The second-order valence-electron chi connectivity index (χ2n) is 5.58. The molecule has 2 heterocycles. The molecule has 128 valence electrons. The Morgan fingerprint density at radius 3 is 2.68 bits per heavy atom. The average molecular weight is 370 g/mol. The highest BCUT2D eigenvalue weighted by atomic mass is 32.1. The molecule has 1 N–H and O–H groups in total. The van der Waals surface area contributed by atoms with E-state index in [1.165, 1.54) is 0 Å². The predicted molar refractivity (Wildman–Crippen MR) is 104 cm³/mol. The van der Waals surface area contributed by atoms with E-state index >= 15 is 0 Å². The van der Waals surface area contributed by atoms with Gasteiger partial charge in [0.15, 0.2) is 0 Å². The van der Waals surface area contributed by atoms with Crippen LogP contribution in [0.15, 0.2) is 53.2 Å². The van der Waals surface area contributed by atoms with Crippen molar-refractivity contribution in [1.29, 1.82) is 0 Å². The van der Waals surface area contributed by atoms with Crippen molar-refractivity contribution in [3.05, 3.63) is 84.6 Å². The molecule has 2 aromatic heterocycles. The largest absolute Gasteiger partial charge is 0.346 e. The van der Waals surface area contributed by atoms with E-state index in [1.54, 1.807) is 22.0 Å². The van der Waals surface area contributed by atoms with Gasteiger partial charge in [-0.2, -0.15) is 0 Å². The van der Waals surface area contributed by atoms with E-state index in [9.17, 15) is 9.59 Å². The Morgan fingerprint density at radius 2 is 2.04 bits per heavy atom. The fourth-order valence-corrected chi connectivity index (χ4v) is 4.03. The van der Waals surface area contributed by atoms with E-state index in [4.69, 9.17) is 0 Å². The van der Waals surface area contributed by atoms with E-state index in [0.29, 0.717) is 23.7 Å². The van der Waals surface area contributed by atoms with Crippen LogP contribution in [0.1, 0.15) is 31.4 Å². The maximum atomic E-state index is 12.4. The second-order valence-corrected chi connectivity index (χ2v) is 7.57. The van der Waals surface area contributed by atoms with Crippen LogP contribution in [0.25, 0.3) is 6.08 Å². The number of rotatable bonds is 6. The van der Waals surface area contributed by atoms with Gasteiger partial charge in [0, 0.05) is 10.6 Å². The number of thiophene rings is 1. The van der Waals surface area contributed by atoms with Crippen LogP contribution in [0.4, 0.5) is 0 Å². The zero-order valence-corrected chi connectivity index (χ0v) is 15.5. The molecule has 0 bridgehead atoms. The lowest BCUT2D eigenvalue weighted by Gasteiger charge is -2.07. The molecule has 4 nitrogen and oxygen atoms in total. The molecule has 3 aromatic rings. The third kappa shape index (κ3) is 3.97. The lowest BCUT2D eigenvalue weighted by molar-refractivity contribution is 0.0954. The number of hydrogen-bond acceptors (Lipinski definition) is 4. The molecule has 25 heavy (non-hydrogen) atoms. The van der Waals surface area contributed by atoms with Gasteiger partial charge in [0.05, 0.1) is 13.1 Å². The summed E-state index contributed by atoms with van der Waals surface area (Å²) in [5.41, 5.74) is 2.75. The summed E-state index contributed by atoms with van der Waals surface area (Å²) >= 11 is 2.59. The summed E-state index contributed by atoms with van der Waals surface area (Å²) in [6, 6.07) is 11.8. The maximum Gasteiger partial charge on any atom is 0.308 e. The van der Waals surface area contributed by atoms with Crippen LogP contribution in [0, 0.1) is 6.92 Å². The molecule has 0 radical (unpaired) electrons. The van der Waals surface area contributed by atoms with Crippen molar-refractivity contribution in [2.75, 3.05) is 0 Å². The van der Waals surface area contributed by atoms with E-state index in [2.05, 4.69) is 11.9 Å². The van der Waals surface area contributed by atoms with Crippen molar-refractivity contribution >= 4 is 34.7 Å².